The second-order valence-corrected chi connectivity index (χ2v) is 5.82. The van der Waals surface area contributed by atoms with E-state index in [1.54, 1.807) is 0 Å². The highest BCUT2D eigenvalue weighted by atomic mass is 19.1. The van der Waals surface area contributed by atoms with Gasteiger partial charge in [0.1, 0.15) is 17.6 Å². The van der Waals surface area contributed by atoms with Crippen LogP contribution in [0.1, 0.15) is 47.7 Å². The molecule has 0 aromatic heterocycles. The van der Waals surface area contributed by atoms with Gasteiger partial charge in [0.15, 0.2) is 0 Å². The SMILES string of the molecule is CC.COc1cc(C(CC(N)=O)C(N)C(=O)O)c(F)c(C)c1C(=O)N(C)C. The molecule has 2 amide bonds. The van der Waals surface area contributed by atoms with Gasteiger partial charge in [0.25, 0.3) is 5.91 Å². The lowest BCUT2D eigenvalue weighted by molar-refractivity contribution is -0.139. The molecule has 0 aliphatic rings. The monoisotopic (exact) mass is 385 g/mol. The zero-order chi connectivity index (χ0) is 21.5. The van der Waals surface area contributed by atoms with Crippen LogP contribution in [0.2, 0.25) is 0 Å². The van der Waals surface area contributed by atoms with Gasteiger partial charge in [0.2, 0.25) is 5.91 Å². The molecule has 0 saturated heterocycles. The van der Waals surface area contributed by atoms with Gasteiger partial charge in [-0.2, -0.15) is 0 Å². The number of ether oxygens (including phenoxy) is 1. The van der Waals surface area contributed by atoms with Crippen molar-refractivity contribution >= 4 is 17.8 Å². The van der Waals surface area contributed by atoms with Crippen LogP contribution in [0, 0.1) is 12.7 Å². The minimum Gasteiger partial charge on any atom is -0.496 e. The third-order valence-corrected chi connectivity index (χ3v) is 3.87. The minimum atomic E-state index is -1.55. The van der Waals surface area contributed by atoms with E-state index >= 15 is 0 Å². The largest absolute Gasteiger partial charge is 0.496 e. The van der Waals surface area contributed by atoms with E-state index in [4.69, 9.17) is 21.3 Å². The Kier molecular flexibility index (Phi) is 9.43. The van der Waals surface area contributed by atoms with Gasteiger partial charge in [-0.3, -0.25) is 14.4 Å². The third kappa shape index (κ3) is 5.65. The van der Waals surface area contributed by atoms with Crippen molar-refractivity contribution in [3.8, 4) is 5.75 Å². The summed E-state index contributed by atoms with van der Waals surface area (Å²) in [5, 5.41) is 9.14. The van der Waals surface area contributed by atoms with E-state index < -0.39 is 42.0 Å². The van der Waals surface area contributed by atoms with Gasteiger partial charge in [0.05, 0.1) is 12.7 Å². The first-order valence-electron chi connectivity index (χ1n) is 8.38. The Balaban J connectivity index is 0.00000326. The number of aliphatic carboxylic acids is 1. The number of benzene rings is 1. The Labute approximate surface area is 158 Å². The van der Waals surface area contributed by atoms with Gasteiger partial charge in [-0.15, -0.1) is 0 Å². The van der Waals surface area contributed by atoms with E-state index in [2.05, 4.69) is 0 Å². The summed E-state index contributed by atoms with van der Waals surface area (Å²) >= 11 is 0. The molecular weight excluding hydrogens is 357 g/mol. The number of rotatable bonds is 7. The second kappa shape index (κ2) is 10.5. The molecule has 1 aromatic carbocycles. The molecule has 0 aliphatic heterocycles. The van der Waals surface area contributed by atoms with Gasteiger partial charge >= 0.3 is 5.97 Å². The number of methoxy groups -OCH3 is 1. The molecular formula is C18H28FN3O5. The quantitative estimate of drug-likeness (QED) is 0.646. The molecule has 0 heterocycles. The zero-order valence-corrected chi connectivity index (χ0v) is 16.5. The van der Waals surface area contributed by atoms with Crippen LogP contribution in [-0.4, -0.2) is 55.0 Å². The molecule has 8 nitrogen and oxygen atoms in total. The second-order valence-electron chi connectivity index (χ2n) is 5.82. The van der Waals surface area contributed by atoms with Crippen LogP contribution in [-0.2, 0) is 9.59 Å². The summed E-state index contributed by atoms with van der Waals surface area (Å²) in [5.41, 5.74) is 10.6. The summed E-state index contributed by atoms with van der Waals surface area (Å²) in [7, 11) is 4.30. The van der Waals surface area contributed by atoms with Gasteiger partial charge < -0.3 is 26.2 Å². The van der Waals surface area contributed by atoms with Crippen molar-refractivity contribution in [1.82, 2.24) is 4.90 Å². The molecule has 0 aliphatic carbocycles. The fourth-order valence-corrected chi connectivity index (χ4v) is 2.53. The van der Waals surface area contributed by atoms with Crippen molar-refractivity contribution in [1.29, 1.82) is 0 Å². The van der Waals surface area contributed by atoms with Gasteiger partial charge in [-0.1, -0.05) is 13.8 Å². The van der Waals surface area contributed by atoms with Crippen molar-refractivity contribution in [2.24, 2.45) is 11.5 Å². The average molecular weight is 385 g/mol. The third-order valence-electron chi connectivity index (χ3n) is 3.87. The molecule has 0 fully saturated rings. The summed E-state index contributed by atoms with van der Waals surface area (Å²) in [5.74, 6) is -4.68. The van der Waals surface area contributed by atoms with Crippen molar-refractivity contribution in [2.75, 3.05) is 21.2 Å². The molecule has 0 bridgehead atoms. The van der Waals surface area contributed by atoms with Crippen molar-refractivity contribution in [2.45, 2.75) is 39.2 Å². The highest BCUT2D eigenvalue weighted by molar-refractivity contribution is 5.98. The smallest absolute Gasteiger partial charge is 0.321 e. The number of nitrogens with zero attached hydrogens (tertiary/aromatic N) is 1. The Hall–Kier alpha value is -2.68. The molecule has 1 rings (SSSR count). The predicted molar refractivity (Wildman–Crippen MR) is 99.2 cm³/mol. The van der Waals surface area contributed by atoms with E-state index in [9.17, 15) is 18.8 Å². The zero-order valence-electron chi connectivity index (χ0n) is 16.5. The minimum absolute atomic E-state index is 0.00970. The predicted octanol–water partition coefficient (Wildman–Crippen LogP) is 1.24. The fourth-order valence-electron chi connectivity index (χ4n) is 2.53. The Morgan fingerprint density at radius 1 is 1.30 bits per heavy atom. The lowest BCUT2D eigenvalue weighted by atomic mass is 9.85. The number of hydrogen-bond donors (Lipinski definition) is 3. The van der Waals surface area contributed by atoms with E-state index in [0.717, 1.165) is 0 Å². The lowest BCUT2D eigenvalue weighted by Gasteiger charge is -2.24. The highest BCUT2D eigenvalue weighted by Gasteiger charge is 2.33. The Morgan fingerprint density at radius 3 is 2.19 bits per heavy atom. The fraction of sp³-hybridized carbons (Fsp3) is 0.500. The number of carbonyl (C=O) groups excluding carboxylic acids is 2. The number of carboxylic acids is 1. The van der Waals surface area contributed by atoms with Crippen LogP contribution < -0.4 is 16.2 Å². The number of halogens is 1. The van der Waals surface area contributed by atoms with Crippen LogP contribution in [0.4, 0.5) is 4.39 Å². The normalized spacial score (nSPS) is 12.3. The van der Waals surface area contributed by atoms with Gasteiger partial charge in [-0.05, 0) is 18.6 Å². The highest BCUT2D eigenvalue weighted by Crippen LogP contribution is 2.34. The molecule has 0 saturated carbocycles. The number of hydrogen-bond acceptors (Lipinski definition) is 5. The van der Waals surface area contributed by atoms with Crippen LogP contribution in [0.25, 0.3) is 0 Å². The molecule has 0 radical (unpaired) electrons. The number of primary amides is 1. The maximum atomic E-state index is 14.9. The van der Waals surface area contributed by atoms with Crippen LogP contribution >= 0.6 is 0 Å². The standard InChI is InChI=1S/C16H22FN3O5.C2H6/c1-7-12(15(22)20(2)3)10(25-4)5-8(13(7)17)9(6-11(18)21)14(19)16(23)24;1-2/h5,9,14H,6,19H2,1-4H3,(H2,18,21)(H,23,24);1-2H3. The first-order valence-corrected chi connectivity index (χ1v) is 8.38. The summed E-state index contributed by atoms with van der Waals surface area (Å²) in [6, 6.07) is -0.364. The lowest BCUT2D eigenvalue weighted by Crippen LogP contribution is -2.39. The summed E-state index contributed by atoms with van der Waals surface area (Å²) in [6.07, 6.45) is -0.464. The number of amides is 2. The molecule has 152 valence electrons. The molecule has 27 heavy (non-hydrogen) atoms. The van der Waals surface area contributed by atoms with Crippen LogP contribution in [0.15, 0.2) is 6.07 Å². The summed E-state index contributed by atoms with van der Waals surface area (Å²) in [6.45, 7) is 5.37. The Bertz CT molecular complexity index is 707. The van der Waals surface area contributed by atoms with Gasteiger partial charge in [0, 0.05) is 32.0 Å². The molecule has 9 heteroatoms. The topological polar surface area (TPSA) is 136 Å². The van der Waals surface area contributed by atoms with Crippen molar-refractivity contribution < 1.29 is 28.6 Å². The molecule has 2 unspecified atom stereocenters. The summed E-state index contributed by atoms with van der Waals surface area (Å²) in [4.78, 5) is 36.0. The van der Waals surface area contributed by atoms with Crippen LogP contribution in [0.5, 0.6) is 5.75 Å². The van der Waals surface area contributed by atoms with E-state index in [0.29, 0.717) is 0 Å². The molecule has 2 atom stereocenters. The van der Waals surface area contributed by atoms with E-state index in [1.807, 2.05) is 13.8 Å². The van der Waals surface area contributed by atoms with E-state index in [1.165, 1.54) is 39.1 Å². The Morgan fingerprint density at radius 2 is 1.81 bits per heavy atom. The van der Waals surface area contributed by atoms with Gasteiger partial charge in [-0.25, -0.2) is 4.39 Å². The molecule has 1 aromatic rings. The average Bonchev–Trinajstić information content (AvgIpc) is 2.62. The van der Waals surface area contributed by atoms with Crippen molar-refractivity contribution in [3.63, 3.8) is 0 Å². The van der Waals surface area contributed by atoms with Crippen molar-refractivity contribution in [3.05, 3.63) is 28.6 Å². The number of nitrogens with two attached hydrogens (primary N) is 2. The van der Waals surface area contributed by atoms with Crippen LogP contribution in [0.3, 0.4) is 0 Å². The first-order chi connectivity index (χ1) is 12.5. The number of carboxylic acid groups (broad SMARTS) is 1. The molecule has 5 N–H and O–H groups in total. The maximum absolute atomic E-state index is 14.9. The van der Waals surface area contributed by atoms with E-state index in [-0.39, 0.29) is 22.4 Å². The number of carbonyl (C=O) groups is 3. The maximum Gasteiger partial charge on any atom is 0.321 e. The molecule has 0 spiro atoms. The first kappa shape index (κ1) is 24.3. The summed E-state index contributed by atoms with van der Waals surface area (Å²) < 4.78 is 20.1.